The van der Waals surface area contributed by atoms with Crippen molar-refractivity contribution < 1.29 is 33.5 Å². The number of rotatable bonds is 0. The highest BCUT2D eigenvalue weighted by Crippen LogP contribution is 2.13. The zero-order valence-electron chi connectivity index (χ0n) is 8.49. The third kappa shape index (κ3) is 9.88. The minimum Gasteiger partial charge on any atom is -0.242 e. The molecule has 0 spiro atoms. The molecule has 0 N–H and O–H groups in total. The van der Waals surface area contributed by atoms with E-state index in [-0.39, 0.29) is 0 Å². The molecule has 0 aromatic heterocycles. The lowest BCUT2D eigenvalue weighted by Crippen LogP contribution is -2.68. The Balaban J connectivity index is 0.000000292. The summed E-state index contributed by atoms with van der Waals surface area (Å²) in [6.45, 7) is 0. The van der Waals surface area contributed by atoms with Crippen LogP contribution in [0.4, 0.5) is 0 Å². The fraction of sp³-hybridized carbons (Fsp3) is 0.875. The van der Waals surface area contributed by atoms with Crippen molar-refractivity contribution in [1.82, 2.24) is 0 Å². The van der Waals surface area contributed by atoms with Gasteiger partial charge < -0.3 is 0 Å². The van der Waals surface area contributed by atoms with Crippen LogP contribution in [0.15, 0.2) is 0 Å². The van der Waals surface area contributed by atoms with Crippen molar-refractivity contribution in [2.45, 2.75) is 32.1 Å². The van der Waals surface area contributed by atoms with Gasteiger partial charge in [-0.2, -0.15) is 0 Å². The highest BCUT2D eigenvalue weighted by Gasteiger charge is 2.11. The first-order valence-corrected chi connectivity index (χ1v) is 5.68. The lowest BCUT2D eigenvalue weighted by molar-refractivity contribution is -2.00. The van der Waals surface area contributed by atoms with Gasteiger partial charge in [0.25, 0.3) is 0 Å². The summed E-state index contributed by atoms with van der Waals surface area (Å²) in [5.41, 5.74) is 1.64. The van der Waals surface area contributed by atoms with Gasteiger partial charge in [-0.25, -0.2) is 23.2 Å². The van der Waals surface area contributed by atoms with Crippen molar-refractivity contribution in [3.63, 3.8) is 0 Å². The SMILES string of the molecule is C[N+](C)=C1CCCCC1.[O-][Cl+3]([O-])([O-])[O-]. The van der Waals surface area contributed by atoms with Crippen LogP contribution in [0, 0.1) is 10.2 Å². The van der Waals surface area contributed by atoms with E-state index in [2.05, 4.69) is 18.7 Å². The summed E-state index contributed by atoms with van der Waals surface area (Å²) < 4.78 is 36.2. The van der Waals surface area contributed by atoms with Gasteiger partial charge in [0.2, 0.25) is 0 Å². The molecule has 0 amide bonds. The maximum atomic E-state index is 8.49. The van der Waals surface area contributed by atoms with Crippen LogP contribution >= 0.6 is 0 Å². The standard InChI is InChI=1S/C8H16N.ClHO4/c1-9(2)8-6-4-3-5-7-8;2-1(3,4)5/h3-7H2,1-2H3;(H,2,3,4,5)/q+1;/p-1. The number of hydrogen-bond acceptors (Lipinski definition) is 4. The van der Waals surface area contributed by atoms with Gasteiger partial charge in [-0.1, -0.05) is 6.42 Å². The van der Waals surface area contributed by atoms with Gasteiger partial charge >= 0.3 is 0 Å². The smallest absolute Gasteiger partial charge is 0.151 e. The summed E-state index contributed by atoms with van der Waals surface area (Å²) in [6, 6.07) is 0. The van der Waals surface area contributed by atoms with Crippen LogP contribution in [-0.4, -0.2) is 24.4 Å². The molecule has 14 heavy (non-hydrogen) atoms. The fourth-order valence-corrected chi connectivity index (χ4v) is 1.41. The third-order valence-corrected chi connectivity index (χ3v) is 2.06. The van der Waals surface area contributed by atoms with Crippen molar-refractivity contribution >= 4 is 5.71 Å². The molecule has 0 aliphatic heterocycles. The molecule has 0 aromatic rings. The second kappa shape index (κ2) is 6.31. The fourth-order valence-electron chi connectivity index (χ4n) is 1.41. The molecule has 6 heteroatoms. The molecule has 84 valence electrons. The van der Waals surface area contributed by atoms with Crippen LogP contribution < -0.4 is 18.6 Å². The molecular weight excluding hydrogens is 210 g/mol. The molecule has 1 saturated carbocycles. The predicted octanol–water partition coefficient (Wildman–Crippen LogP) is -3.09. The maximum Gasteiger partial charge on any atom is 0.151 e. The van der Waals surface area contributed by atoms with Gasteiger partial charge in [0, 0.05) is 12.8 Å². The molecule has 5 nitrogen and oxygen atoms in total. The largest absolute Gasteiger partial charge is 0.242 e. The van der Waals surface area contributed by atoms with E-state index in [1.807, 2.05) is 0 Å². The number of halogens is 1. The van der Waals surface area contributed by atoms with E-state index in [9.17, 15) is 0 Å². The van der Waals surface area contributed by atoms with Gasteiger partial charge in [-0.3, -0.25) is 0 Å². The van der Waals surface area contributed by atoms with Crippen LogP contribution in [0.1, 0.15) is 32.1 Å². The highest BCUT2D eigenvalue weighted by molar-refractivity contribution is 5.80. The Kier molecular flexibility index (Phi) is 6.22. The van der Waals surface area contributed by atoms with Crippen LogP contribution in [0.5, 0.6) is 0 Å². The molecule has 1 rings (SSSR count). The average molecular weight is 226 g/mol. The first kappa shape index (κ1) is 13.8. The Labute approximate surface area is 86.0 Å². The maximum absolute atomic E-state index is 8.49. The van der Waals surface area contributed by atoms with Gasteiger partial charge in [0.1, 0.15) is 14.1 Å². The van der Waals surface area contributed by atoms with E-state index in [1.165, 1.54) is 32.1 Å². The quantitative estimate of drug-likeness (QED) is 0.408. The second-order valence-corrected chi connectivity index (χ2v) is 4.16. The van der Waals surface area contributed by atoms with E-state index < -0.39 is 10.2 Å². The molecule has 0 saturated heterocycles. The summed E-state index contributed by atoms with van der Waals surface area (Å²) in [6.07, 6.45) is 6.94. The van der Waals surface area contributed by atoms with Crippen molar-refractivity contribution in [3.8, 4) is 0 Å². The molecule has 0 unspecified atom stereocenters. The topological polar surface area (TPSA) is 95.2 Å². The average Bonchev–Trinajstić information content (AvgIpc) is 2.03. The summed E-state index contributed by atoms with van der Waals surface area (Å²) in [5, 5.41) is 0. The molecule has 1 aliphatic carbocycles. The second-order valence-electron chi connectivity index (χ2n) is 3.40. The Bertz CT molecular complexity index is 182. The first-order valence-electron chi connectivity index (χ1n) is 4.44. The van der Waals surface area contributed by atoms with Crippen LogP contribution in [0.3, 0.4) is 0 Å². The number of hydrogen-bond donors (Lipinski definition) is 0. The molecule has 0 atom stereocenters. The molecule has 0 bridgehead atoms. The minimum absolute atomic E-state index is 1.34. The first-order chi connectivity index (χ1) is 6.30. The van der Waals surface area contributed by atoms with Crippen molar-refractivity contribution in [2.24, 2.45) is 0 Å². The summed E-state index contributed by atoms with van der Waals surface area (Å²) in [5.74, 6) is 0. The molecule has 0 radical (unpaired) electrons. The van der Waals surface area contributed by atoms with Crippen molar-refractivity contribution in [1.29, 1.82) is 0 Å². The Hall–Kier alpha value is -0.200. The predicted molar refractivity (Wildman–Crippen MR) is 40.2 cm³/mol. The lowest BCUT2D eigenvalue weighted by Gasteiger charge is -2.17. The van der Waals surface area contributed by atoms with Crippen molar-refractivity contribution in [2.75, 3.05) is 14.1 Å². The van der Waals surface area contributed by atoms with Crippen LogP contribution in [-0.2, 0) is 0 Å². The molecule has 1 aliphatic rings. The normalized spacial score (nSPS) is 17.1. The van der Waals surface area contributed by atoms with Gasteiger partial charge in [-0.05, 0) is 12.8 Å². The summed E-state index contributed by atoms with van der Waals surface area (Å²) in [4.78, 5) is 0. The van der Waals surface area contributed by atoms with E-state index in [4.69, 9.17) is 18.6 Å². The van der Waals surface area contributed by atoms with Crippen LogP contribution in [0.25, 0.3) is 0 Å². The monoisotopic (exact) mass is 225 g/mol. The van der Waals surface area contributed by atoms with E-state index in [1.54, 1.807) is 5.71 Å². The summed E-state index contributed by atoms with van der Waals surface area (Å²) in [7, 11) is -0.638. The number of nitrogens with zero attached hydrogens (tertiary/aromatic N) is 1. The van der Waals surface area contributed by atoms with Gasteiger partial charge in [0.05, 0.1) is 0 Å². The molecular formula is C8H16ClNO4. The lowest BCUT2D eigenvalue weighted by atomic mass is 9.98. The van der Waals surface area contributed by atoms with Gasteiger partial charge in [-0.15, -0.1) is 10.2 Å². The van der Waals surface area contributed by atoms with E-state index >= 15 is 0 Å². The minimum atomic E-state index is -4.94. The molecule has 0 aromatic carbocycles. The Morgan fingerprint density at radius 1 is 0.929 bits per heavy atom. The Morgan fingerprint density at radius 3 is 1.50 bits per heavy atom. The van der Waals surface area contributed by atoms with E-state index in [0.29, 0.717) is 0 Å². The third-order valence-electron chi connectivity index (χ3n) is 2.06. The van der Waals surface area contributed by atoms with Crippen LogP contribution in [0.2, 0.25) is 0 Å². The van der Waals surface area contributed by atoms with Gasteiger partial charge in [0.15, 0.2) is 5.71 Å². The highest BCUT2D eigenvalue weighted by atomic mass is 35.7. The van der Waals surface area contributed by atoms with E-state index in [0.717, 1.165) is 0 Å². The Morgan fingerprint density at radius 2 is 1.29 bits per heavy atom. The summed E-state index contributed by atoms with van der Waals surface area (Å²) >= 11 is 0. The zero-order chi connectivity index (χ0) is 11.2. The van der Waals surface area contributed by atoms with Crippen molar-refractivity contribution in [3.05, 3.63) is 0 Å². The molecule has 1 fully saturated rings. The zero-order valence-corrected chi connectivity index (χ0v) is 9.25. The molecule has 0 heterocycles.